The van der Waals surface area contributed by atoms with Gasteiger partial charge in [0.05, 0.1) is 0 Å². The highest BCUT2D eigenvalue weighted by atomic mass is 16.2. The molecule has 0 aromatic carbocycles. The van der Waals surface area contributed by atoms with E-state index in [1.807, 2.05) is 13.8 Å². The zero-order valence-corrected chi connectivity index (χ0v) is 14.7. The lowest BCUT2D eigenvalue weighted by Gasteiger charge is -2.29. The van der Waals surface area contributed by atoms with E-state index >= 15 is 0 Å². The maximum atomic E-state index is 12.1. The Bertz CT molecular complexity index is 403. The lowest BCUT2D eigenvalue weighted by atomic mass is 9.85. The summed E-state index contributed by atoms with van der Waals surface area (Å²) < 4.78 is 0. The van der Waals surface area contributed by atoms with Crippen LogP contribution in [0.25, 0.3) is 0 Å². The molecule has 0 spiro atoms. The fourth-order valence-corrected chi connectivity index (χ4v) is 3.72. The first kappa shape index (κ1) is 18.2. The predicted molar refractivity (Wildman–Crippen MR) is 91.7 cm³/mol. The van der Waals surface area contributed by atoms with Crippen LogP contribution in [-0.2, 0) is 9.59 Å². The standard InChI is InChI=1S/C18H33N3O2/c1-18(2,19)12-20-17(23)14-7-9-15(10-8-14)21-16(22)11-13-5-3-4-6-13/h13-15H,3-12,19H2,1-2H3,(H,20,23)(H,21,22). The molecule has 0 aliphatic heterocycles. The second-order valence-corrected chi connectivity index (χ2v) is 8.18. The van der Waals surface area contributed by atoms with Crippen molar-refractivity contribution in [3.05, 3.63) is 0 Å². The van der Waals surface area contributed by atoms with E-state index in [9.17, 15) is 9.59 Å². The Morgan fingerprint density at radius 2 is 1.65 bits per heavy atom. The molecule has 0 saturated heterocycles. The second-order valence-electron chi connectivity index (χ2n) is 8.18. The van der Waals surface area contributed by atoms with Crippen LogP contribution in [0.1, 0.15) is 71.6 Å². The van der Waals surface area contributed by atoms with Crippen LogP contribution in [0.5, 0.6) is 0 Å². The maximum Gasteiger partial charge on any atom is 0.223 e. The molecular formula is C18H33N3O2. The minimum atomic E-state index is -0.374. The summed E-state index contributed by atoms with van der Waals surface area (Å²) in [5.41, 5.74) is 5.52. The highest BCUT2D eigenvalue weighted by molar-refractivity contribution is 5.79. The Hall–Kier alpha value is -1.10. The molecule has 2 fully saturated rings. The average molecular weight is 323 g/mol. The topological polar surface area (TPSA) is 84.2 Å². The minimum absolute atomic E-state index is 0.0698. The lowest BCUT2D eigenvalue weighted by molar-refractivity contribution is -0.126. The second kappa shape index (κ2) is 8.13. The van der Waals surface area contributed by atoms with Crippen LogP contribution >= 0.6 is 0 Å². The minimum Gasteiger partial charge on any atom is -0.354 e. The SMILES string of the molecule is CC(C)(N)CNC(=O)C1CCC(NC(=O)CC2CCCC2)CC1. The molecule has 2 rings (SSSR count). The molecule has 2 amide bonds. The first-order valence-corrected chi connectivity index (χ1v) is 9.19. The molecule has 5 nitrogen and oxygen atoms in total. The number of rotatable bonds is 6. The van der Waals surface area contributed by atoms with Crippen molar-refractivity contribution in [3.8, 4) is 0 Å². The lowest BCUT2D eigenvalue weighted by Crippen LogP contribution is -2.47. The van der Waals surface area contributed by atoms with Crippen LogP contribution in [0.3, 0.4) is 0 Å². The van der Waals surface area contributed by atoms with Gasteiger partial charge in [-0.05, 0) is 58.3 Å². The van der Waals surface area contributed by atoms with Gasteiger partial charge in [-0.15, -0.1) is 0 Å². The zero-order valence-electron chi connectivity index (χ0n) is 14.7. The van der Waals surface area contributed by atoms with E-state index in [2.05, 4.69) is 10.6 Å². The Kier molecular flexibility index (Phi) is 6.45. The summed E-state index contributed by atoms with van der Waals surface area (Å²) in [4.78, 5) is 24.2. The van der Waals surface area contributed by atoms with Crippen molar-refractivity contribution in [2.24, 2.45) is 17.6 Å². The highest BCUT2D eigenvalue weighted by Crippen LogP contribution is 2.28. The fourth-order valence-electron chi connectivity index (χ4n) is 3.72. The molecule has 0 aromatic rings. The number of carbonyl (C=O) groups excluding carboxylic acids is 2. The van der Waals surface area contributed by atoms with Crippen LogP contribution in [0.2, 0.25) is 0 Å². The molecule has 5 heteroatoms. The number of amides is 2. The van der Waals surface area contributed by atoms with Gasteiger partial charge in [0.2, 0.25) is 11.8 Å². The van der Waals surface area contributed by atoms with Crippen LogP contribution in [0, 0.1) is 11.8 Å². The van der Waals surface area contributed by atoms with Gasteiger partial charge in [-0.2, -0.15) is 0 Å². The molecule has 0 atom stereocenters. The van der Waals surface area contributed by atoms with E-state index in [0.29, 0.717) is 18.9 Å². The highest BCUT2D eigenvalue weighted by Gasteiger charge is 2.28. The van der Waals surface area contributed by atoms with Gasteiger partial charge in [0.25, 0.3) is 0 Å². The van der Waals surface area contributed by atoms with E-state index in [1.165, 1.54) is 25.7 Å². The summed E-state index contributed by atoms with van der Waals surface area (Å²) in [5.74, 6) is 0.978. The normalized spacial score (nSPS) is 26.0. The average Bonchev–Trinajstić information content (AvgIpc) is 2.97. The number of carbonyl (C=O) groups is 2. The van der Waals surface area contributed by atoms with Gasteiger partial charge in [-0.3, -0.25) is 9.59 Å². The number of nitrogens with one attached hydrogen (secondary N) is 2. The van der Waals surface area contributed by atoms with Crippen LogP contribution in [-0.4, -0.2) is 29.9 Å². The third kappa shape index (κ3) is 6.50. The zero-order chi connectivity index (χ0) is 16.9. The van der Waals surface area contributed by atoms with Gasteiger partial charge in [-0.25, -0.2) is 0 Å². The van der Waals surface area contributed by atoms with E-state index < -0.39 is 0 Å². The number of hydrogen-bond donors (Lipinski definition) is 3. The summed E-state index contributed by atoms with van der Waals surface area (Å²) in [6.07, 6.45) is 9.16. The molecule has 0 aromatic heterocycles. The molecule has 2 aliphatic rings. The molecular weight excluding hydrogens is 290 g/mol. The maximum absolute atomic E-state index is 12.1. The van der Waals surface area contributed by atoms with Crippen molar-refractivity contribution in [1.29, 1.82) is 0 Å². The molecule has 0 radical (unpaired) electrons. The van der Waals surface area contributed by atoms with Crippen molar-refractivity contribution in [3.63, 3.8) is 0 Å². The Morgan fingerprint density at radius 3 is 2.22 bits per heavy atom. The Labute approximate surface area is 140 Å². The Morgan fingerprint density at radius 1 is 1.04 bits per heavy atom. The van der Waals surface area contributed by atoms with Gasteiger partial charge in [0, 0.05) is 30.5 Å². The van der Waals surface area contributed by atoms with Crippen molar-refractivity contribution < 1.29 is 9.59 Å². The molecule has 0 unspecified atom stereocenters. The van der Waals surface area contributed by atoms with Crippen molar-refractivity contribution in [2.45, 2.75) is 83.2 Å². The van der Waals surface area contributed by atoms with Gasteiger partial charge in [0.1, 0.15) is 0 Å². The van der Waals surface area contributed by atoms with E-state index in [0.717, 1.165) is 25.7 Å². The molecule has 2 saturated carbocycles. The summed E-state index contributed by atoms with van der Waals surface area (Å²) in [5, 5.41) is 6.12. The Balaban J connectivity index is 1.65. The number of nitrogens with two attached hydrogens (primary N) is 1. The number of hydrogen-bond acceptors (Lipinski definition) is 3. The summed E-state index contributed by atoms with van der Waals surface area (Å²) in [7, 11) is 0. The quantitative estimate of drug-likeness (QED) is 0.700. The predicted octanol–water partition coefficient (Wildman–Crippen LogP) is 2.10. The third-order valence-corrected chi connectivity index (χ3v) is 5.13. The van der Waals surface area contributed by atoms with E-state index in [-0.39, 0.29) is 29.3 Å². The smallest absolute Gasteiger partial charge is 0.223 e. The van der Waals surface area contributed by atoms with Crippen LogP contribution in [0.15, 0.2) is 0 Å². The van der Waals surface area contributed by atoms with Crippen molar-refractivity contribution >= 4 is 11.8 Å². The summed E-state index contributed by atoms with van der Waals surface area (Å²) >= 11 is 0. The molecule has 132 valence electrons. The van der Waals surface area contributed by atoms with Crippen molar-refractivity contribution in [2.75, 3.05) is 6.54 Å². The third-order valence-electron chi connectivity index (χ3n) is 5.13. The largest absolute Gasteiger partial charge is 0.354 e. The molecule has 23 heavy (non-hydrogen) atoms. The summed E-state index contributed by atoms with van der Waals surface area (Å²) in [6.45, 7) is 4.32. The molecule has 2 aliphatic carbocycles. The molecule has 0 heterocycles. The van der Waals surface area contributed by atoms with Gasteiger partial charge >= 0.3 is 0 Å². The van der Waals surface area contributed by atoms with E-state index in [1.54, 1.807) is 0 Å². The first-order valence-electron chi connectivity index (χ1n) is 9.19. The van der Waals surface area contributed by atoms with Gasteiger partial charge < -0.3 is 16.4 Å². The summed E-state index contributed by atoms with van der Waals surface area (Å²) in [6, 6.07) is 0.249. The van der Waals surface area contributed by atoms with Gasteiger partial charge in [-0.1, -0.05) is 12.8 Å². The van der Waals surface area contributed by atoms with Crippen LogP contribution < -0.4 is 16.4 Å². The van der Waals surface area contributed by atoms with Crippen molar-refractivity contribution in [1.82, 2.24) is 10.6 Å². The molecule has 0 bridgehead atoms. The molecule has 4 N–H and O–H groups in total. The van der Waals surface area contributed by atoms with Crippen LogP contribution in [0.4, 0.5) is 0 Å². The monoisotopic (exact) mass is 323 g/mol. The fraction of sp³-hybridized carbons (Fsp3) is 0.889. The first-order chi connectivity index (χ1) is 10.8. The van der Waals surface area contributed by atoms with E-state index in [4.69, 9.17) is 5.73 Å². The van der Waals surface area contributed by atoms with Gasteiger partial charge in [0.15, 0.2) is 0 Å².